The maximum absolute atomic E-state index is 14.0. The van der Waals surface area contributed by atoms with Gasteiger partial charge < -0.3 is 14.2 Å². The molecule has 9 heteroatoms. The Bertz CT molecular complexity index is 1690. The SMILES string of the molecule is CCN(C(=O)c1nn(-c2ccc(OC)c(Cl)c2)c(=O)c2c1c1ccccc1n2C)c1ccc(F)cc1. The number of halogens is 2. The normalized spacial score (nSPS) is 11.2. The zero-order valence-corrected chi connectivity index (χ0v) is 20.6. The molecule has 0 radical (unpaired) electrons. The van der Waals surface area contributed by atoms with E-state index in [0.29, 0.717) is 39.6 Å². The van der Waals surface area contributed by atoms with Gasteiger partial charge in [-0.1, -0.05) is 29.8 Å². The number of hydrogen-bond donors (Lipinski definition) is 0. The minimum Gasteiger partial charge on any atom is -0.495 e. The second kappa shape index (κ2) is 9.13. The standard InChI is InChI=1S/C27H22ClFN4O3/c1-4-32(17-11-9-16(29)10-12-17)26(34)24-23-19-7-5-6-8-21(19)31(2)25(23)27(35)33(30-24)18-13-14-22(36-3)20(28)15-18/h5-15H,4H2,1-3H3. The van der Waals surface area contributed by atoms with Gasteiger partial charge in [0.2, 0.25) is 0 Å². The Balaban J connectivity index is 1.83. The molecule has 0 saturated heterocycles. The van der Waals surface area contributed by atoms with Crippen LogP contribution >= 0.6 is 11.6 Å². The number of amides is 1. The molecule has 0 aliphatic rings. The molecular weight excluding hydrogens is 483 g/mol. The fourth-order valence-corrected chi connectivity index (χ4v) is 4.74. The Kier molecular flexibility index (Phi) is 5.97. The molecule has 3 aromatic carbocycles. The van der Waals surface area contributed by atoms with Crippen LogP contribution in [-0.4, -0.2) is 33.9 Å². The summed E-state index contributed by atoms with van der Waals surface area (Å²) in [6.07, 6.45) is 0. The van der Waals surface area contributed by atoms with Crippen molar-refractivity contribution in [2.75, 3.05) is 18.6 Å². The number of ether oxygens (including phenoxy) is 1. The molecule has 182 valence electrons. The molecule has 0 bridgehead atoms. The fraction of sp³-hybridized carbons (Fsp3) is 0.148. The van der Waals surface area contributed by atoms with Crippen LogP contribution in [0.4, 0.5) is 10.1 Å². The van der Waals surface area contributed by atoms with Crippen molar-refractivity contribution in [2.24, 2.45) is 7.05 Å². The molecule has 0 unspecified atom stereocenters. The van der Waals surface area contributed by atoms with E-state index in [1.165, 1.54) is 41.0 Å². The van der Waals surface area contributed by atoms with Gasteiger partial charge in [0.05, 0.1) is 17.8 Å². The summed E-state index contributed by atoms with van der Waals surface area (Å²) in [6.45, 7) is 2.13. The zero-order chi connectivity index (χ0) is 25.6. The van der Waals surface area contributed by atoms with Gasteiger partial charge in [0, 0.05) is 35.6 Å². The smallest absolute Gasteiger partial charge is 0.296 e. The first-order valence-corrected chi connectivity index (χ1v) is 11.6. The van der Waals surface area contributed by atoms with Crippen LogP contribution < -0.4 is 15.2 Å². The fourth-order valence-electron chi connectivity index (χ4n) is 4.48. The summed E-state index contributed by atoms with van der Waals surface area (Å²) in [5.41, 5.74) is 1.72. The van der Waals surface area contributed by atoms with Crippen LogP contribution in [0.15, 0.2) is 71.5 Å². The van der Waals surface area contributed by atoms with Crippen LogP contribution in [0, 0.1) is 5.82 Å². The Labute approximate surface area is 210 Å². The molecule has 0 saturated carbocycles. The molecule has 5 rings (SSSR count). The second-order valence-electron chi connectivity index (χ2n) is 8.21. The number of fused-ring (bicyclic) bond motifs is 3. The minimum absolute atomic E-state index is 0.0968. The van der Waals surface area contributed by atoms with Crippen LogP contribution in [0.5, 0.6) is 5.75 Å². The van der Waals surface area contributed by atoms with E-state index in [2.05, 4.69) is 5.10 Å². The lowest BCUT2D eigenvalue weighted by molar-refractivity contribution is 0.0983. The quantitative estimate of drug-likeness (QED) is 0.324. The van der Waals surface area contributed by atoms with Crippen molar-refractivity contribution in [2.45, 2.75) is 6.92 Å². The van der Waals surface area contributed by atoms with Crippen molar-refractivity contribution < 1.29 is 13.9 Å². The molecule has 7 nitrogen and oxygen atoms in total. The summed E-state index contributed by atoms with van der Waals surface area (Å²) in [4.78, 5) is 29.2. The van der Waals surface area contributed by atoms with E-state index in [-0.39, 0.29) is 5.69 Å². The first-order chi connectivity index (χ1) is 17.3. The topological polar surface area (TPSA) is 69.4 Å². The molecule has 0 spiro atoms. The number of aromatic nitrogens is 3. The molecule has 1 amide bonds. The second-order valence-corrected chi connectivity index (χ2v) is 8.62. The third-order valence-electron chi connectivity index (χ3n) is 6.22. The van der Waals surface area contributed by atoms with Gasteiger partial charge >= 0.3 is 0 Å². The Hall–Kier alpha value is -4.17. The molecule has 0 N–H and O–H groups in total. The number of nitrogens with zero attached hydrogens (tertiary/aromatic N) is 4. The highest BCUT2D eigenvalue weighted by atomic mass is 35.5. The van der Waals surface area contributed by atoms with E-state index in [9.17, 15) is 14.0 Å². The average molecular weight is 505 g/mol. The van der Waals surface area contributed by atoms with E-state index in [1.54, 1.807) is 29.8 Å². The van der Waals surface area contributed by atoms with Crippen LogP contribution in [0.1, 0.15) is 17.4 Å². The number of para-hydroxylation sites is 1. The highest BCUT2D eigenvalue weighted by Gasteiger charge is 2.27. The Morgan fingerprint density at radius 3 is 2.50 bits per heavy atom. The molecule has 36 heavy (non-hydrogen) atoms. The number of carbonyl (C=O) groups is 1. The molecule has 0 aliphatic carbocycles. The summed E-state index contributed by atoms with van der Waals surface area (Å²) in [5, 5.41) is 6.06. The lowest BCUT2D eigenvalue weighted by atomic mass is 10.1. The predicted octanol–water partition coefficient (Wildman–Crippen LogP) is 5.35. The number of carbonyl (C=O) groups excluding carboxylic acids is 1. The highest BCUT2D eigenvalue weighted by molar-refractivity contribution is 6.32. The van der Waals surface area contributed by atoms with Crippen molar-refractivity contribution in [3.63, 3.8) is 0 Å². The predicted molar refractivity (Wildman–Crippen MR) is 139 cm³/mol. The maximum atomic E-state index is 14.0. The van der Waals surface area contributed by atoms with Gasteiger partial charge in [-0.25, -0.2) is 4.39 Å². The largest absolute Gasteiger partial charge is 0.495 e. The lowest BCUT2D eigenvalue weighted by Crippen LogP contribution is -2.34. The number of anilines is 1. The van der Waals surface area contributed by atoms with E-state index in [4.69, 9.17) is 16.3 Å². The van der Waals surface area contributed by atoms with Gasteiger partial charge in [-0.2, -0.15) is 9.78 Å². The third-order valence-corrected chi connectivity index (χ3v) is 6.52. The molecule has 2 heterocycles. The minimum atomic E-state index is -0.418. The molecule has 0 atom stereocenters. The van der Waals surface area contributed by atoms with Crippen LogP contribution in [-0.2, 0) is 7.05 Å². The van der Waals surface area contributed by atoms with E-state index >= 15 is 0 Å². The van der Waals surface area contributed by atoms with Gasteiger partial charge in [-0.15, -0.1) is 0 Å². The van der Waals surface area contributed by atoms with Gasteiger partial charge in [0.1, 0.15) is 17.1 Å². The Morgan fingerprint density at radius 2 is 1.83 bits per heavy atom. The number of hydrogen-bond acceptors (Lipinski definition) is 4. The first kappa shape index (κ1) is 23.6. The van der Waals surface area contributed by atoms with E-state index < -0.39 is 17.3 Å². The van der Waals surface area contributed by atoms with Gasteiger partial charge in [-0.3, -0.25) is 9.59 Å². The van der Waals surface area contributed by atoms with E-state index in [1.807, 2.05) is 31.2 Å². The van der Waals surface area contributed by atoms with Crippen molar-refractivity contribution in [1.82, 2.24) is 14.3 Å². The highest BCUT2D eigenvalue weighted by Crippen LogP contribution is 2.31. The summed E-state index contributed by atoms with van der Waals surface area (Å²) < 4.78 is 21.7. The zero-order valence-electron chi connectivity index (χ0n) is 19.8. The molecular formula is C27H22ClFN4O3. The first-order valence-electron chi connectivity index (χ1n) is 11.3. The lowest BCUT2D eigenvalue weighted by Gasteiger charge is -2.21. The number of methoxy groups -OCH3 is 1. The van der Waals surface area contributed by atoms with Gasteiger partial charge in [0.25, 0.3) is 11.5 Å². The Morgan fingerprint density at radius 1 is 1.11 bits per heavy atom. The average Bonchev–Trinajstić information content (AvgIpc) is 3.19. The van der Waals surface area contributed by atoms with Gasteiger partial charge in [0.15, 0.2) is 5.69 Å². The molecule has 2 aromatic heterocycles. The summed E-state index contributed by atoms with van der Waals surface area (Å²) in [5.74, 6) is -0.371. The summed E-state index contributed by atoms with van der Waals surface area (Å²) in [7, 11) is 3.28. The molecule has 0 aliphatic heterocycles. The summed E-state index contributed by atoms with van der Waals surface area (Å²) >= 11 is 6.33. The van der Waals surface area contributed by atoms with Crippen molar-refractivity contribution in [1.29, 1.82) is 0 Å². The molecule has 5 aromatic rings. The van der Waals surface area contributed by atoms with Crippen molar-refractivity contribution in [3.05, 3.63) is 93.6 Å². The monoisotopic (exact) mass is 504 g/mol. The number of rotatable bonds is 5. The van der Waals surface area contributed by atoms with Crippen LogP contribution in [0.3, 0.4) is 0 Å². The van der Waals surface area contributed by atoms with E-state index in [0.717, 1.165) is 10.9 Å². The van der Waals surface area contributed by atoms with Crippen LogP contribution in [0.25, 0.3) is 27.5 Å². The van der Waals surface area contributed by atoms with Gasteiger partial charge in [-0.05, 0) is 55.5 Å². The van der Waals surface area contributed by atoms with Crippen molar-refractivity contribution in [3.8, 4) is 11.4 Å². The van der Waals surface area contributed by atoms with Crippen molar-refractivity contribution >= 4 is 45.0 Å². The number of aryl methyl sites for hydroxylation is 1. The number of benzene rings is 3. The maximum Gasteiger partial charge on any atom is 0.296 e. The summed E-state index contributed by atoms with van der Waals surface area (Å²) in [6, 6.07) is 18.0. The van der Waals surface area contributed by atoms with Crippen LogP contribution in [0.2, 0.25) is 5.02 Å². The third kappa shape index (κ3) is 3.70. The molecule has 0 fully saturated rings.